The Hall–Kier alpha value is -1.88. The highest BCUT2D eigenvalue weighted by atomic mass is 16.5. The van der Waals surface area contributed by atoms with Gasteiger partial charge in [0.2, 0.25) is 5.91 Å². The maximum absolute atomic E-state index is 11.9. The van der Waals surface area contributed by atoms with E-state index >= 15 is 0 Å². The van der Waals surface area contributed by atoms with E-state index in [9.17, 15) is 9.59 Å². The molecular weight excluding hydrogens is 268 g/mol. The summed E-state index contributed by atoms with van der Waals surface area (Å²) in [6.45, 7) is 6.23. The van der Waals surface area contributed by atoms with Crippen LogP contribution in [0.4, 0.5) is 11.4 Å². The van der Waals surface area contributed by atoms with Crippen LogP contribution in [0.25, 0.3) is 0 Å². The fourth-order valence-corrected chi connectivity index (χ4v) is 1.96. The van der Waals surface area contributed by atoms with Gasteiger partial charge in [0.25, 0.3) is 5.91 Å². The summed E-state index contributed by atoms with van der Waals surface area (Å²) in [4.78, 5) is 23.8. The van der Waals surface area contributed by atoms with E-state index < -0.39 is 5.41 Å². The Morgan fingerprint density at radius 3 is 2.14 bits per heavy atom. The molecule has 0 unspecified atom stereocenters. The van der Waals surface area contributed by atoms with Gasteiger partial charge < -0.3 is 15.4 Å². The zero-order chi connectivity index (χ0) is 15.5. The van der Waals surface area contributed by atoms with Gasteiger partial charge in [-0.15, -0.1) is 0 Å². The van der Waals surface area contributed by atoms with E-state index in [-0.39, 0.29) is 17.9 Å². The molecule has 1 heterocycles. The Morgan fingerprint density at radius 2 is 1.67 bits per heavy atom. The first-order valence-electron chi connectivity index (χ1n) is 7.20. The average molecular weight is 290 g/mol. The largest absolute Gasteiger partial charge is 0.368 e. The molecule has 2 rings (SSSR count). The van der Waals surface area contributed by atoms with E-state index in [1.807, 2.05) is 20.8 Å². The molecule has 0 aromatic heterocycles. The molecule has 0 spiro atoms. The van der Waals surface area contributed by atoms with Crippen LogP contribution in [0.2, 0.25) is 0 Å². The van der Waals surface area contributed by atoms with E-state index in [1.54, 1.807) is 24.3 Å². The molecule has 1 aromatic rings. The lowest BCUT2D eigenvalue weighted by atomic mass is 9.95. The SMILES string of the molecule is CC(C)(C)C(=O)Nc1ccc(NC(=O)[C@@H]2CCCO2)cc1. The minimum atomic E-state index is -0.438. The summed E-state index contributed by atoms with van der Waals surface area (Å²) in [6, 6.07) is 7.08. The van der Waals surface area contributed by atoms with Crippen molar-refractivity contribution >= 4 is 23.2 Å². The van der Waals surface area contributed by atoms with Crippen LogP contribution in [0.5, 0.6) is 0 Å². The molecule has 0 radical (unpaired) electrons. The molecule has 2 N–H and O–H groups in total. The molecule has 1 atom stereocenters. The fraction of sp³-hybridized carbons (Fsp3) is 0.500. The third kappa shape index (κ3) is 4.29. The van der Waals surface area contributed by atoms with Gasteiger partial charge in [0.15, 0.2) is 0 Å². The fourth-order valence-electron chi connectivity index (χ4n) is 1.96. The van der Waals surface area contributed by atoms with Crippen molar-refractivity contribution < 1.29 is 14.3 Å². The van der Waals surface area contributed by atoms with Crippen molar-refractivity contribution in [3.05, 3.63) is 24.3 Å². The number of carbonyl (C=O) groups excluding carboxylic acids is 2. The molecule has 0 aliphatic carbocycles. The van der Waals surface area contributed by atoms with Crippen molar-refractivity contribution in [3.8, 4) is 0 Å². The summed E-state index contributed by atoms with van der Waals surface area (Å²) in [7, 11) is 0. The monoisotopic (exact) mass is 290 g/mol. The van der Waals surface area contributed by atoms with Gasteiger partial charge >= 0.3 is 0 Å². The van der Waals surface area contributed by atoms with Gasteiger partial charge in [0, 0.05) is 23.4 Å². The highest BCUT2D eigenvalue weighted by Crippen LogP contribution is 2.20. The summed E-state index contributed by atoms with van der Waals surface area (Å²) in [5.74, 6) is -0.155. The van der Waals surface area contributed by atoms with Crippen LogP contribution in [-0.4, -0.2) is 24.5 Å². The first kappa shape index (κ1) is 15.5. The molecule has 1 saturated heterocycles. The van der Waals surface area contributed by atoms with E-state index in [1.165, 1.54) is 0 Å². The number of carbonyl (C=O) groups is 2. The van der Waals surface area contributed by atoms with Gasteiger partial charge in [0.05, 0.1) is 0 Å². The summed E-state index contributed by atoms with van der Waals surface area (Å²) >= 11 is 0. The number of nitrogens with one attached hydrogen (secondary N) is 2. The van der Waals surface area contributed by atoms with Crippen molar-refractivity contribution in [2.75, 3.05) is 17.2 Å². The smallest absolute Gasteiger partial charge is 0.253 e. The molecule has 5 heteroatoms. The number of hydrogen-bond acceptors (Lipinski definition) is 3. The molecular formula is C16H22N2O3. The van der Waals surface area contributed by atoms with Gasteiger partial charge in [-0.25, -0.2) is 0 Å². The Morgan fingerprint density at radius 1 is 1.10 bits per heavy atom. The minimum Gasteiger partial charge on any atom is -0.368 e. The van der Waals surface area contributed by atoms with Crippen molar-refractivity contribution in [1.29, 1.82) is 0 Å². The summed E-state index contributed by atoms with van der Waals surface area (Å²) < 4.78 is 5.33. The van der Waals surface area contributed by atoms with Crippen molar-refractivity contribution in [3.63, 3.8) is 0 Å². The summed E-state index contributed by atoms with van der Waals surface area (Å²) in [5, 5.41) is 5.66. The number of anilines is 2. The second-order valence-electron chi connectivity index (χ2n) is 6.27. The van der Waals surface area contributed by atoms with E-state index in [4.69, 9.17) is 4.74 Å². The topological polar surface area (TPSA) is 67.4 Å². The van der Waals surface area contributed by atoms with E-state index in [0.717, 1.165) is 12.8 Å². The minimum absolute atomic E-state index is 0.0429. The molecule has 1 aliphatic rings. The molecule has 2 amide bonds. The van der Waals surface area contributed by atoms with Crippen LogP contribution in [-0.2, 0) is 14.3 Å². The van der Waals surface area contributed by atoms with Crippen molar-refractivity contribution in [2.45, 2.75) is 39.7 Å². The Labute approximate surface area is 125 Å². The Kier molecular flexibility index (Phi) is 4.63. The van der Waals surface area contributed by atoms with Crippen LogP contribution < -0.4 is 10.6 Å². The molecule has 0 saturated carbocycles. The number of amides is 2. The molecule has 114 valence electrons. The van der Waals surface area contributed by atoms with Crippen LogP contribution in [0.1, 0.15) is 33.6 Å². The first-order valence-corrected chi connectivity index (χ1v) is 7.20. The lowest BCUT2D eigenvalue weighted by molar-refractivity contribution is -0.124. The van der Waals surface area contributed by atoms with Gasteiger partial charge in [-0.2, -0.15) is 0 Å². The van der Waals surface area contributed by atoms with E-state index in [2.05, 4.69) is 10.6 Å². The van der Waals surface area contributed by atoms with Gasteiger partial charge in [-0.1, -0.05) is 20.8 Å². The second kappa shape index (κ2) is 6.26. The van der Waals surface area contributed by atoms with Crippen LogP contribution >= 0.6 is 0 Å². The Bertz CT molecular complexity index is 511. The maximum Gasteiger partial charge on any atom is 0.253 e. The van der Waals surface area contributed by atoms with E-state index in [0.29, 0.717) is 18.0 Å². The maximum atomic E-state index is 11.9. The molecule has 0 bridgehead atoms. The molecule has 1 aliphatic heterocycles. The second-order valence-corrected chi connectivity index (χ2v) is 6.27. The van der Waals surface area contributed by atoms with Crippen LogP contribution in [0, 0.1) is 5.41 Å². The molecule has 5 nitrogen and oxygen atoms in total. The van der Waals surface area contributed by atoms with Crippen LogP contribution in [0.3, 0.4) is 0 Å². The van der Waals surface area contributed by atoms with Crippen molar-refractivity contribution in [2.24, 2.45) is 5.41 Å². The lowest BCUT2D eigenvalue weighted by Crippen LogP contribution is -2.28. The molecule has 21 heavy (non-hydrogen) atoms. The predicted octanol–water partition coefficient (Wildman–Crippen LogP) is 2.79. The van der Waals surface area contributed by atoms with Gasteiger partial charge in [-0.05, 0) is 37.1 Å². The quantitative estimate of drug-likeness (QED) is 0.899. The normalized spacial score (nSPS) is 18.3. The average Bonchev–Trinajstić information content (AvgIpc) is 2.94. The van der Waals surface area contributed by atoms with Gasteiger partial charge in [-0.3, -0.25) is 9.59 Å². The third-order valence-electron chi connectivity index (χ3n) is 3.31. The molecule has 1 aromatic carbocycles. The zero-order valence-corrected chi connectivity index (χ0v) is 12.7. The van der Waals surface area contributed by atoms with Crippen molar-refractivity contribution in [1.82, 2.24) is 0 Å². The highest BCUT2D eigenvalue weighted by Gasteiger charge is 2.23. The summed E-state index contributed by atoms with van der Waals surface area (Å²) in [5.41, 5.74) is 0.974. The predicted molar refractivity (Wildman–Crippen MR) is 82.1 cm³/mol. The lowest BCUT2D eigenvalue weighted by Gasteiger charge is -2.18. The molecule has 1 fully saturated rings. The summed E-state index contributed by atoms with van der Waals surface area (Å²) in [6.07, 6.45) is 1.35. The highest BCUT2D eigenvalue weighted by molar-refractivity contribution is 5.96. The number of rotatable bonds is 3. The van der Waals surface area contributed by atoms with Crippen LogP contribution in [0.15, 0.2) is 24.3 Å². The zero-order valence-electron chi connectivity index (χ0n) is 12.7. The first-order chi connectivity index (χ1) is 9.86. The van der Waals surface area contributed by atoms with Gasteiger partial charge in [0.1, 0.15) is 6.10 Å². The standard InChI is InChI=1S/C16H22N2O3/c1-16(2,3)15(20)18-12-8-6-11(7-9-12)17-14(19)13-5-4-10-21-13/h6-9,13H,4-5,10H2,1-3H3,(H,17,19)(H,18,20)/t13-/m0/s1. The third-order valence-corrected chi connectivity index (χ3v) is 3.31. The number of benzene rings is 1. The Balaban J connectivity index is 1.92. The number of hydrogen-bond donors (Lipinski definition) is 2. The number of ether oxygens (including phenoxy) is 1.